The highest BCUT2D eigenvalue weighted by Gasteiger charge is 2.33. The summed E-state index contributed by atoms with van der Waals surface area (Å²) in [5, 5.41) is 0.176. The van der Waals surface area contributed by atoms with E-state index in [0.29, 0.717) is 28.2 Å². The van der Waals surface area contributed by atoms with Crippen molar-refractivity contribution in [2.24, 2.45) is 4.99 Å². The van der Waals surface area contributed by atoms with Gasteiger partial charge in [-0.3, -0.25) is 14.5 Å². The topological polar surface area (TPSA) is 59.0 Å². The molecule has 1 aliphatic rings. The SMILES string of the molecule is COc1cccc(N2C(=O)/C(=C\c3ccc(C(C)C)cc3)N=C2SC(C)C(C)=O)c1. The smallest absolute Gasteiger partial charge is 0.283 e. The van der Waals surface area contributed by atoms with Crippen molar-refractivity contribution in [3.63, 3.8) is 0 Å². The molecule has 0 aromatic heterocycles. The maximum Gasteiger partial charge on any atom is 0.283 e. The number of hydrogen-bond donors (Lipinski definition) is 0. The number of amidine groups is 1. The van der Waals surface area contributed by atoms with Gasteiger partial charge in [-0.1, -0.05) is 55.9 Å². The summed E-state index contributed by atoms with van der Waals surface area (Å²) < 4.78 is 5.30. The van der Waals surface area contributed by atoms with Crippen LogP contribution in [0.1, 0.15) is 44.7 Å². The van der Waals surface area contributed by atoms with Crippen LogP contribution in [0, 0.1) is 0 Å². The number of benzene rings is 2. The predicted octanol–water partition coefficient (Wildman–Crippen LogP) is 5.27. The lowest BCUT2D eigenvalue weighted by atomic mass is 10.0. The van der Waals surface area contributed by atoms with E-state index in [-0.39, 0.29) is 16.9 Å². The largest absolute Gasteiger partial charge is 0.497 e. The van der Waals surface area contributed by atoms with Crippen molar-refractivity contribution in [3.8, 4) is 5.75 Å². The summed E-state index contributed by atoms with van der Waals surface area (Å²) in [7, 11) is 1.58. The number of carbonyl (C=O) groups excluding carboxylic acids is 2. The zero-order chi connectivity index (χ0) is 21.8. The first kappa shape index (κ1) is 21.8. The monoisotopic (exact) mass is 422 g/mol. The Kier molecular flexibility index (Phi) is 6.77. The van der Waals surface area contributed by atoms with Crippen LogP contribution < -0.4 is 9.64 Å². The van der Waals surface area contributed by atoms with Crippen molar-refractivity contribution in [1.29, 1.82) is 0 Å². The summed E-state index contributed by atoms with van der Waals surface area (Å²) in [5.74, 6) is 0.889. The fourth-order valence-corrected chi connectivity index (χ4v) is 3.86. The lowest BCUT2D eigenvalue weighted by Crippen LogP contribution is -2.31. The van der Waals surface area contributed by atoms with Gasteiger partial charge in [0.2, 0.25) is 0 Å². The van der Waals surface area contributed by atoms with Crippen LogP contribution in [0.25, 0.3) is 6.08 Å². The van der Waals surface area contributed by atoms with Crippen LogP contribution in [0.15, 0.2) is 59.2 Å². The maximum atomic E-state index is 13.3. The van der Waals surface area contributed by atoms with E-state index in [1.54, 1.807) is 24.2 Å². The molecule has 0 aliphatic carbocycles. The van der Waals surface area contributed by atoms with Crippen molar-refractivity contribution in [2.75, 3.05) is 12.0 Å². The molecule has 2 aromatic carbocycles. The molecule has 2 aromatic rings. The second kappa shape index (κ2) is 9.30. The number of ether oxygens (including phenoxy) is 1. The Morgan fingerprint density at radius 2 is 1.83 bits per heavy atom. The van der Waals surface area contributed by atoms with Gasteiger partial charge in [-0.2, -0.15) is 0 Å². The van der Waals surface area contributed by atoms with Gasteiger partial charge in [-0.25, -0.2) is 4.99 Å². The Morgan fingerprint density at radius 3 is 2.43 bits per heavy atom. The van der Waals surface area contributed by atoms with Crippen LogP contribution in [0.5, 0.6) is 5.75 Å². The van der Waals surface area contributed by atoms with Gasteiger partial charge >= 0.3 is 0 Å². The Balaban J connectivity index is 1.99. The molecule has 0 bridgehead atoms. The fourth-order valence-electron chi connectivity index (χ4n) is 2.93. The normalized spacial score (nSPS) is 16.2. The van der Waals surface area contributed by atoms with Crippen molar-refractivity contribution in [3.05, 3.63) is 65.4 Å². The van der Waals surface area contributed by atoms with Crippen molar-refractivity contribution >= 4 is 40.4 Å². The van der Waals surface area contributed by atoms with Crippen molar-refractivity contribution in [2.45, 2.75) is 38.9 Å². The first-order valence-electron chi connectivity index (χ1n) is 9.86. The van der Waals surface area contributed by atoms with E-state index < -0.39 is 0 Å². The van der Waals surface area contributed by atoms with Crippen LogP contribution in [0.2, 0.25) is 0 Å². The summed E-state index contributed by atoms with van der Waals surface area (Å²) in [4.78, 5) is 31.2. The second-order valence-electron chi connectivity index (χ2n) is 7.46. The Bertz CT molecular complexity index is 1010. The summed E-state index contributed by atoms with van der Waals surface area (Å²) in [5.41, 5.74) is 3.14. The maximum absolute atomic E-state index is 13.3. The molecule has 1 atom stereocenters. The molecule has 3 rings (SSSR count). The zero-order valence-corrected chi connectivity index (χ0v) is 18.7. The van der Waals surface area contributed by atoms with Gasteiger partial charge in [0.1, 0.15) is 17.2 Å². The number of carbonyl (C=O) groups is 2. The minimum atomic E-state index is -0.311. The predicted molar refractivity (Wildman–Crippen MR) is 124 cm³/mol. The number of thioether (sulfide) groups is 1. The highest BCUT2D eigenvalue weighted by atomic mass is 32.2. The van der Waals surface area contributed by atoms with E-state index in [1.165, 1.54) is 24.2 Å². The lowest BCUT2D eigenvalue weighted by molar-refractivity contribution is -0.116. The number of aliphatic imine (C=N–C) groups is 1. The minimum Gasteiger partial charge on any atom is -0.497 e. The third kappa shape index (κ3) is 4.82. The molecular formula is C24H26N2O3S. The standard InChI is InChI=1S/C24H26N2O3S/c1-15(2)19-11-9-18(10-12-19)13-22-23(28)26(20-7-6-8-21(14-20)29-5)24(25-22)30-17(4)16(3)27/h6-15,17H,1-5H3/b22-13+. The van der Waals surface area contributed by atoms with Gasteiger partial charge < -0.3 is 4.74 Å². The Hall–Kier alpha value is -2.86. The van der Waals surface area contributed by atoms with E-state index in [2.05, 4.69) is 31.0 Å². The van der Waals surface area contributed by atoms with E-state index in [9.17, 15) is 9.59 Å². The Labute approximate surface area is 181 Å². The molecule has 6 heteroatoms. The van der Waals surface area contributed by atoms with Crippen LogP contribution in [-0.4, -0.2) is 29.2 Å². The fraction of sp³-hybridized carbons (Fsp3) is 0.292. The molecule has 0 radical (unpaired) electrons. The van der Waals surface area contributed by atoms with Crippen molar-refractivity contribution < 1.29 is 14.3 Å². The number of Topliss-reactive ketones (excluding diaryl/α,β-unsaturated/α-hetero) is 1. The molecule has 0 saturated heterocycles. The first-order valence-corrected chi connectivity index (χ1v) is 10.7. The lowest BCUT2D eigenvalue weighted by Gasteiger charge is -2.19. The molecule has 1 heterocycles. The molecule has 1 unspecified atom stereocenters. The van der Waals surface area contributed by atoms with E-state index in [0.717, 1.165) is 5.56 Å². The summed E-state index contributed by atoms with van der Waals surface area (Å²) in [6.45, 7) is 7.64. The molecule has 0 fully saturated rings. The Morgan fingerprint density at radius 1 is 1.13 bits per heavy atom. The summed E-state index contributed by atoms with van der Waals surface area (Å²) >= 11 is 1.28. The molecule has 0 N–H and O–H groups in total. The highest BCUT2D eigenvalue weighted by molar-refractivity contribution is 8.15. The average Bonchev–Trinajstić information content (AvgIpc) is 3.03. The van der Waals surface area contributed by atoms with Gasteiger partial charge in [-0.05, 0) is 49.1 Å². The highest BCUT2D eigenvalue weighted by Crippen LogP contribution is 2.33. The quantitative estimate of drug-likeness (QED) is 0.595. The number of amides is 1. The minimum absolute atomic E-state index is 0.0300. The first-order chi connectivity index (χ1) is 14.3. The molecule has 30 heavy (non-hydrogen) atoms. The summed E-state index contributed by atoms with van der Waals surface area (Å²) in [6, 6.07) is 15.4. The van der Waals surface area contributed by atoms with E-state index in [4.69, 9.17) is 4.74 Å². The molecule has 0 saturated carbocycles. The number of ketones is 1. The number of methoxy groups -OCH3 is 1. The van der Waals surface area contributed by atoms with Crippen molar-refractivity contribution in [1.82, 2.24) is 0 Å². The molecule has 1 amide bonds. The third-order valence-electron chi connectivity index (χ3n) is 4.90. The van der Waals surface area contributed by atoms with Gasteiger partial charge in [0.25, 0.3) is 5.91 Å². The number of rotatable bonds is 6. The van der Waals surface area contributed by atoms with Gasteiger partial charge in [0.05, 0.1) is 18.0 Å². The number of hydrogen-bond acceptors (Lipinski definition) is 5. The molecule has 5 nitrogen and oxygen atoms in total. The van der Waals surface area contributed by atoms with Crippen LogP contribution >= 0.6 is 11.8 Å². The van der Waals surface area contributed by atoms with E-state index >= 15 is 0 Å². The van der Waals surface area contributed by atoms with Gasteiger partial charge in [-0.15, -0.1) is 0 Å². The number of nitrogens with zero attached hydrogens (tertiary/aromatic N) is 2. The number of anilines is 1. The van der Waals surface area contributed by atoms with Crippen LogP contribution in [0.4, 0.5) is 5.69 Å². The molecular weight excluding hydrogens is 396 g/mol. The van der Waals surface area contributed by atoms with Gasteiger partial charge in [0.15, 0.2) is 5.17 Å². The third-order valence-corrected chi connectivity index (χ3v) is 6.07. The van der Waals surface area contributed by atoms with Gasteiger partial charge in [0, 0.05) is 6.07 Å². The molecule has 1 aliphatic heterocycles. The summed E-state index contributed by atoms with van der Waals surface area (Å²) in [6.07, 6.45) is 1.78. The second-order valence-corrected chi connectivity index (χ2v) is 8.77. The average molecular weight is 423 g/mol. The molecule has 0 spiro atoms. The molecule has 156 valence electrons. The van der Waals surface area contributed by atoms with Crippen LogP contribution in [-0.2, 0) is 9.59 Å². The zero-order valence-electron chi connectivity index (χ0n) is 17.9. The van der Waals surface area contributed by atoms with Crippen LogP contribution in [0.3, 0.4) is 0 Å². The van der Waals surface area contributed by atoms with E-state index in [1.807, 2.05) is 37.3 Å².